The molecular weight excluding hydrogens is 389 g/mol. The second-order valence-electron chi connectivity index (χ2n) is 8.00. The van der Waals surface area contributed by atoms with Crippen molar-refractivity contribution in [1.29, 1.82) is 0 Å². The molecule has 29 heavy (non-hydrogen) atoms. The predicted molar refractivity (Wildman–Crippen MR) is 97.5 cm³/mol. The fourth-order valence-electron chi connectivity index (χ4n) is 3.92. The molecule has 0 aromatic carbocycles. The number of likely N-dealkylation sites (tertiary alicyclic amines) is 1. The molecule has 2 aliphatic heterocycles. The average molecular weight is 412 g/mol. The average Bonchev–Trinajstić information content (AvgIpc) is 3.36. The number of cyclic esters (lactones) is 1. The van der Waals surface area contributed by atoms with Crippen molar-refractivity contribution in [3.05, 3.63) is 24.0 Å². The van der Waals surface area contributed by atoms with Gasteiger partial charge in [-0.1, -0.05) is 0 Å². The number of alkyl carbamates (subject to hydrolysis) is 1. The molecule has 3 aliphatic rings. The van der Waals surface area contributed by atoms with E-state index < -0.39 is 17.8 Å². The highest BCUT2D eigenvalue weighted by Gasteiger charge is 2.66. The first-order chi connectivity index (χ1) is 13.7. The monoisotopic (exact) mass is 412 g/mol. The number of alkyl halides is 3. The highest BCUT2D eigenvalue weighted by atomic mass is 19.4. The smallest absolute Gasteiger partial charge is 0.411 e. The van der Waals surface area contributed by atoms with E-state index >= 15 is 0 Å². The summed E-state index contributed by atoms with van der Waals surface area (Å²) in [6.07, 6.45) is -2.16. The van der Waals surface area contributed by atoms with Gasteiger partial charge in [0.2, 0.25) is 5.91 Å². The van der Waals surface area contributed by atoms with Crippen molar-refractivity contribution in [1.82, 2.24) is 15.2 Å². The van der Waals surface area contributed by atoms with Crippen LogP contribution in [-0.2, 0) is 9.53 Å². The Kier molecular flexibility index (Phi) is 4.82. The lowest BCUT2D eigenvalue weighted by Crippen LogP contribution is -2.49. The first-order valence-electron chi connectivity index (χ1n) is 9.67. The molecule has 1 saturated carbocycles. The number of hydrogen-bond donors (Lipinski definition) is 1. The number of nitrogens with one attached hydrogen (secondary N) is 1. The summed E-state index contributed by atoms with van der Waals surface area (Å²) in [5, 5.41) is 2.64. The quantitative estimate of drug-likeness (QED) is 0.777. The molecule has 1 aromatic rings. The third kappa shape index (κ3) is 3.72. The van der Waals surface area contributed by atoms with E-state index in [1.165, 1.54) is 18.1 Å². The number of pyridine rings is 1. The van der Waals surface area contributed by atoms with Crippen LogP contribution in [0, 0.1) is 0 Å². The fourth-order valence-corrected chi connectivity index (χ4v) is 3.92. The Hall–Kier alpha value is -2.52. The van der Waals surface area contributed by atoms with Crippen molar-refractivity contribution in [2.24, 2.45) is 0 Å². The van der Waals surface area contributed by atoms with Crippen molar-refractivity contribution in [3.63, 3.8) is 0 Å². The van der Waals surface area contributed by atoms with Gasteiger partial charge in [0.15, 0.2) is 0 Å². The molecule has 158 valence electrons. The number of nitrogens with zero attached hydrogens (tertiary/aromatic N) is 3. The third-order valence-corrected chi connectivity index (χ3v) is 6.15. The van der Waals surface area contributed by atoms with Crippen LogP contribution in [0.4, 0.5) is 23.7 Å². The SMILES string of the molecule is CN(c1ccc(C2CN(C(=O)CC[C@@H]3COC(=O)N3)C2)nc1)C1(C(F)(F)F)CC1. The normalized spacial score (nSPS) is 23.2. The minimum atomic E-state index is -4.26. The van der Waals surface area contributed by atoms with Gasteiger partial charge in [-0.3, -0.25) is 9.78 Å². The first-order valence-corrected chi connectivity index (χ1v) is 9.67. The number of rotatable bonds is 6. The largest absolute Gasteiger partial charge is 0.447 e. The molecule has 3 heterocycles. The zero-order valence-electron chi connectivity index (χ0n) is 16.0. The number of carbonyl (C=O) groups is 2. The predicted octanol–water partition coefficient (Wildman–Crippen LogP) is 2.43. The zero-order valence-corrected chi connectivity index (χ0v) is 16.0. The summed E-state index contributed by atoms with van der Waals surface area (Å²) in [4.78, 5) is 30.6. The molecule has 0 spiro atoms. The third-order valence-electron chi connectivity index (χ3n) is 6.15. The van der Waals surface area contributed by atoms with Gasteiger partial charge in [0, 0.05) is 38.2 Å². The summed E-state index contributed by atoms with van der Waals surface area (Å²) in [6, 6.07) is 3.29. The Morgan fingerprint density at radius 3 is 2.62 bits per heavy atom. The highest BCUT2D eigenvalue weighted by Crippen LogP contribution is 2.54. The van der Waals surface area contributed by atoms with E-state index in [4.69, 9.17) is 4.74 Å². The first kappa shape index (κ1) is 19.8. The lowest BCUT2D eigenvalue weighted by Gasteiger charge is -2.39. The fraction of sp³-hybridized carbons (Fsp3) is 0.632. The number of halogens is 3. The van der Waals surface area contributed by atoms with Crippen molar-refractivity contribution in [2.75, 3.05) is 31.6 Å². The van der Waals surface area contributed by atoms with Crippen LogP contribution in [0.3, 0.4) is 0 Å². The molecule has 2 amide bonds. The topological polar surface area (TPSA) is 74.8 Å². The summed E-state index contributed by atoms with van der Waals surface area (Å²) in [7, 11) is 1.46. The highest BCUT2D eigenvalue weighted by molar-refractivity contribution is 5.77. The van der Waals surface area contributed by atoms with Crippen molar-refractivity contribution >= 4 is 17.7 Å². The maximum absolute atomic E-state index is 13.3. The standard InChI is InChI=1S/C19H23F3N4O3/c1-25(18(6-7-18)19(20,21)22)14-3-4-15(23-8-14)12-9-26(10-12)16(27)5-2-13-11-29-17(28)24-13/h3-4,8,12-13H,2,5-7,9-11H2,1H3,(H,24,28)/t13-/m1/s1. The molecule has 3 fully saturated rings. The molecule has 2 saturated heterocycles. The van der Waals surface area contributed by atoms with Crippen LogP contribution in [0.5, 0.6) is 0 Å². The molecular formula is C19H23F3N4O3. The van der Waals surface area contributed by atoms with Crippen LogP contribution in [0.25, 0.3) is 0 Å². The van der Waals surface area contributed by atoms with E-state index in [9.17, 15) is 22.8 Å². The van der Waals surface area contributed by atoms with Crippen molar-refractivity contribution < 1.29 is 27.5 Å². The number of anilines is 1. The number of ether oxygens (including phenoxy) is 1. The molecule has 0 radical (unpaired) electrons. The summed E-state index contributed by atoms with van der Waals surface area (Å²) < 4.78 is 44.6. The minimum absolute atomic E-state index is 0.0135. The Bertz CT molecular complexity index is 789. The van der Waals surface area contributed by atoms with Crippen LogP contribution >= 0.6 is 0 Å². The second-order valence-corrected chi connectivity index (χ2v) is 8.00. The van der Waals surface area contributed by atoms with Crippen LogP contribution in [-0.4, -0.2) is 66.4 Å². The van der Waals surface area contributed by atoms with Gasteiger partial charge in [-0.15, -0.1) is 0 Å². The lowest BCUT2D eigenvalue weighted by atomic mass is 9.94. The number of hydrogen-bond acceptors (Lipinski definition) is 5. The Morgan fingerprint density at radius 2 is 2.10 bits per heavy atom. The molecule has 1 atom stereocenters. The van der Waals surface area contributed by atoms with Crippen LogP contribution in [0.15, 0.2) is 18.3 Å². The maximum Gasteiger partial charge on any atom is 0.411 e. The van der Waals surface area contributed by atoms with E-state index in [0.717, 1.165) is 5.69 Å². The minimum Gasteiger partial charge on any atom is -0.447 e. The molecule has 7 nitrogen and oxygen atoms in total. The zero-order chi connectivity index (χ0) is 20.8. The van der Waals surface area contributed by atoms with Gasteiger partial charge in [0.1, 0.15) is 12.1 Å². The summed E-state index contributed by atoms with van der Waals surface area (Å²) >= 11 is 0. The van der Waals surface area contributed by atoms with E-state index in [1.807, 2.05) is 0 Å². The molecule has 1 N–H and O–H groups in total. The molecule has 10 heteroatoms. The van der Waals surface area contributed by atoms with Gasteiger partial charge in [0.25, 0.3) is 0 Å². The Labute approximate surface area is 166 Å². The van der Waals surface area contributed by atoms with Crippen LogP contribution in [0.1, 0.15) is 37.3 Å². The van der Waals surface area contributed by atoms with Gasteiger partial charge >= 0.3 is 12.3 Å². The molecule has 0 bridgehead atoms. The van der Waals surface area contributed by atoms with Gasteiger partial charge in [-0.2, -0.15) is 13.2 Å². The van der Waals surface area contributed by atoms with Crippen LogP contribution in [0.2, 0.25) is 0 Å². The van der Waals surface area contributed by atoms with E-state index in [2.05, 4.69) is 10.3 Å². The number of carbonyl (C=O) groups excluding carboxylic acids is 2. The van der Waals surface area contributed by atoms with Gasteiger partial charge in [-0.05, 0) is 31.4 Å². The van der Waals surface area contributed by atoms with Crippen LogP contribution < -0.4 is 10.2 Å². The van der Waals surface area contributed by atoms with E-state index in [0.29, 0.717) is 31.6 Å². The van der Waals surface area contributed by atoms with E-state index in [1.54, 1.807) is 17.0 Å². The summed E-state index contributed by atoms with van der Waals surface area (Å²) in [5.74, 6) is 0.102. The summed E-state index contributed by atoms with van der Waals surface area (Å²) in [5.41, 5.74) is -0.545. The molecule has 0 unspecified atom stereocenters. The van der Waals surface area contributed by atoms with Gasteiger partial charge in [0.05, 0.1) is 17.9 Å². The Morgan fingerprint density at radius 1 is 1.38 bits per heavy atom. The lowest BCUT2D eigenvalue weighted by molar-refractivity contribution is -0.157. The summed E-state index contributed by atoms with van der Waals surface area (Å²) in [6.45, 7) is 1.37. The van der Waals surface area contributed by atoms with Gasteiger partial charge in [-0.25, -0.2) is 4.79 Å². The van der Waals surface area contributed by atoms with E-state index in [-0.39, 0.29) is 37.3 Å². The van der Waals surface area contributed by atoms with Gasteiger partial charge < -0.3 is 19.9 Å². The number of amides is 2. The Balaban J connectivity index is 1.27. The molecule has 1 aliphatic carbocycles. The molecule has 4 rings (SSSR count). The second kappa shape index (κ2) is 7.07. The maximum atomic E-state index is 13.3. The van der Waals surface area contributed by atoms with Crippen molar-refractivity contribution in [3.8, 4) is 0 Å². The van der Waals surface area contributed by atoms with Crippen molar-refractivity contribution in [2.45, 2.75) is 49.4 Å². The number of aromatic nitrogens is 1. The molecule has 1 aromatic heterocycles.